The van der Waals surface area contributed by atoms with E-state index in [-0.39, 0.29) is 0 Å². The molecule has 0 amide bonds. The van der Waals surface area contributed by atoms with E-state index in [1.165, 1.54) is 5.56 Å². The van der Waals surface area contributed by atoms with Crippen LogP contribution in [-0.2, 0) is 11.2 Å². The van der Waals surface area contributed by atoms with Crippen molar-refractivity contribution in [1.29, 1.82) is 0 Å². The summed E-state index contributed by atoms with van der Waals surface area (Å²) in [4.78, 5) is 0. The van der Waals surface area contributed by atoms with E-state index in [9.17, 15) is 0 Å². The zero-order chi connectivity index (χ0) is 13.9. The Balaban J connectivity index is 2.24. The van der Waals surface area contributed by atoms with Crippen LogP contribution in [0.5, 0.6) is 0 Å². The molecule has 0 bridgehead atoms. The Bertz CT molecular complexity index is 310. The lowest BCUT2D eigenvalue weighted by Gasteiger charge is -2.18. The van der Waals surface area contributed by atoms with Crippen LogP contribution >= 0.6 is 0 Å². The standard InChI is InChI=1S/C17H29NO/c1-4-18-17(11-13-19-12-10-15(2)3)14-16-8-6-5-7-9-16/h5-9,15,17-18H,4,10-14H2,1-3H3. The van der Waals surface area contributed by atoms with E-state index in [0.29, 0.717) is 6.04 Å². The number of nitrogens with one attached hydrogen (secondary N) is 1. The van der Waals surface area contributed by atoms with Crippen molar-refractivity contribution in [2.75, 3.05) is 19.8 Å². The van der Waals surface area contributed by atoms with Gasteiger partial charge in [-0.3, -0.25) is 0 Å². The van der Waals surface area contributed by atoms with Crippen LogP contribution in [0, 0.1) is 5.92 Å². The van der Waals surface area contributed by atoms with Gasteiger partial charge in [0.25, 0.3) is 0 Å². The molecular formula is C17H29NO. The van der Waals surface area contributed by atoms with Gasteiger partial charge in [-0.25, -0.2) is 0 Å². The van der Waals surface area contributed by atoms with Gasteiger partial charge in [-0.05, 0) is 37.3 Å². The first-order valence-corrected chi connectivity index (χ1v) is 7.57. The zero-order valence-corrected chi connectivity index (χ0v) is 12.7. The Morgan fingerprint density at radius 1 is 1.05 bits per heavy atom. The largest absolute Gasteiger partial charge is 0.381 e. The molecule has 1 aromatic rings. The number of hydrogen-bond donors (Lipinski definition) is 1. The summed E-state index contributed by atoms with van der Waals surface area (Å²) >= 11 is 0. The van der Waals surface area contributed by atoms with Crippen molar-refractivity contribution in [1.82, 2.24) is 5.32 Å². The van der Waals surface area contributed by atoms with Crippen LogP contribution in [0.4, 0.5) is 0 Å². The van der Waals surface area contributed by atoms with Crippen LogP contribution in [0.1, 0.15) is 39.2 Å². The molecule has 2 heteroatoms. The SMILES string of the molecule is CCNC(CCOCCC(C)C)Cc1ccccc1. The Labute approximate surface area is 118 Å². The van der Waals surface area contributed by atoms with Gasteiger partial charge in [0, 0.05) is 19.3 Å². The lowest BCUT2D eigenvalue weighted by atomic mass is 10.0. The van der Waals surface area contributed by atoms with Crippen molar-refractivity contribution in [2.45, 2.75) is 46.1 Å². The number of hydrogen-bond acceptors (Lipinski definition) is 2. The Kier molecular flexibility index (Phi) is 8.52. The van der Waals surface area contributed by atoms with E-state index >= 15 is 0 Å². The molecule has 1 atom stereocenters. The molecule has 0 spiro atoms. The molecule has 0 saturated heterocycles. The van der Waals surface area contributed by atoms with Crippen molar-refractivity contribution in [2.24, 2.45) is 5.92 Å². The third-order valence-corrected chi connectivity index (χ3v) is 3.27. The second-order valence-corrected chi connectivity index (χ2v) is 5.53. The maximum atomic E-state index is 5.72. The fourth-order valence-electron chi connectivity index (χ4n) is 2.11. The molecular weight excluding hydrogens is 234 g/mol. The highest BCUT2D eigenvalue weighted by Crippen LogP contribution is 2.07. The smallest absolute Gasteiger partial charge is 0.0480 e. The molecule has 0 fully saturated rings. The molecule has 0 aliphatic carbocycles. The van der Waals surface area contributed by atoms with E-state index < -0.39 is 0 Å². The molecule has 1 aromatic carbocycles. The first-order chi connectivity index (χ1) is 9.22. The van der Waals surface area contributed by atoms with Crippen molar-refractivity contribution >= 4 is 0 Å². The minimum absolute atomic E-state index is 0.520. The van der Waals surface area contributed by atoms with E-state index in [4.69, 9.17) is 4.74 Å². The monoisotopic (exact) mass is 263 g/mol. The molecule has 108 valence electrons. The first-order valence-electron chi connectivity index (χ1n) is 7.57. The van der Waals surface area contributed by atoms with Crippen LogP contribution in [0.3, 0.4) is 0 Å². The second-order valence-electron chi connectivity index (χ2n) is 5.53. The molecule has 1 unspecified atom stereocenters. The Morgan fingerprint density at radius 3 is 2.37 bits per heavy atom. The summed E-state index contributed by atoms with van der Waals surface area (Å²) < 4.78 is 5.72. The van der Waals surface area contributed by atoms with Crippen LogP contribution in [-0.4, -0.2) is 25.8 Å². The molecule has 0 heterocycles. The fraction of sp³-hybridized carbons (Fsp3) is 0.647. The minimum atomic E-state index is 0.520. The average molecular weight is 263 g/mol. The molecule has 0 aliphatic rings. The number of benzene rings is 1. The summed E-state index contributed by atoms with van der Waals surface area (Å²) in [6, 6.07) is 11.2. The third-order valence-electron chi connectivity index (χ3n) is 3.27. The summed E-state index contributed by atoms with van der Waals surface area (Å²) in [6.45, 7) is 9.40. The molecule has 0 aromatic heterocycles. The predicted molar refractivity (Wildman–Crippen MR) is 82.5 cm³/mol. The summed E-state index contributed by atoms with van der Waals surface area (Å²) in [7, 11) is 0. The highest BCUT2D eigenvalue weighted by atomic mass is 16.5. The maximum absolute atomic E-state index is 5.72. The summed E-state index contributed by atoms with van der Waals surface area (Å²) in [5.74, 6) is 0.730. The van der Waals surface area contributed by atoms with Crippen LogP contribution in [0.15, 0.2) is 30.3 Å². The van der Waals surface area contributed by atoms with Gasteiger partial charge in [0.2, 0.25) is 0 Å². The van der Waals surface area contributed by atoms with Gasteiger partial charge >= 0.3 is 0 Å². The molecule has 0 radical (unpaired) electrons. The Hall–Kier alpha value is -0.860. The quantitative estimate of drug-likeness (QED) is 0.650. The number of likely N-dealkylation sites (N-methyl/N-ethyl adjacent to an activating group) is 1. The summed E-state index contributed by atoms with van der Waals surface area (Å²) in [5, 5.41) is 3.55. The average Bonchev–Trinajstić information content (AvgIpc) is 2.39. The number of rotatable bonds is 10. The third kappa shape index (κ3) is 8.02. The van der Waals surface area contributed by atoms with Crippen molar-refractivity contribution in [3.8, 4) is 0 Å². The van der Waals surface area contributed by atoms with Gasteiger partial charge in [0.15, 0.2) is 0 Å². The van der Waals surface area contributed by atoms with Crippen molar-refractivity contribution in [3.05, 3.63) is 35.9 Å². The molecule has 0 saturated carbocycles. The molecule has 1 rings (SSSR count). The summed E-state index contributed by atoms with van der Waals surface area (Å²) in [6.07, 6.45) is 3.33. The van der Waals surface area contributed by atoms with Crippen LogP contribution < -0.4 is 5.32 Å². The van der Waals surface area contributed by atoms with Crippen molar-refractivity contribution in [3.63, 3.8) is 0 Å². The van der Waals surface area contributed by atoms with Gasteiger partial charge in [0.05, 0.1) is 0 Å². The van der Waals surface area contributed by atoms with Crippen LogP contribution in [0.2, 0.25) is 0 Å². The minimum Gasteiger partial charge on any atom is -0.381 e. The lowest BCUT2D eigenvalue weighted by molar-refractivity contribution is 0.114. The fourth-order valence-corrected chi connectivity index (χ4v) is 2.11. The number of ether oxygens (including phenoxy) is 1. The predicted octanol–water partition coefficient (Wildman–Crippen LogP) is 3.66. The van der Waals surface area contributed by atoms with E-state index in [1.54, 1.807) is 0 Å². The van der Waals surface area contributed by atoms with Gasteiger partial charge in [-0.2, -0.15) is 0 Å². The Morgan fingerprint density at radius 2 is 1.74 bits per heavy atom. The molecule has 1 N–H and O–H groups in total. The van der Waals surface area contributed by atoms with E-state index in [2.05, 4.69) is 56.4 Å². The van der Waals surface area contributed by atoms with Crippen molar-refractivity contribution < 1.29 is 4.74 Å². The highest BCUT2D eigenvalue weighted by molar-refractivity contribution is 5.15. The molecule has 0 aliphatic heterocycles. The normalized spacial score (nSPS) is 12.8. The lowest BCUT2D eigenvalue weighted by Crippen LogP contribution is -2.32. The van der Waals surface area contributed by atoms with Gasteiger partial charge in [0.1, 0.15) is 0 Å². The van der Waals surface area contributed by atoms with Crippen LogP contribution in [0.25, 0.3) is 0 Å². The molecule has 19 heavy (non-hydrogen) atoms. The van der Waals surface area contributed by atoms with Gasteiger partial charge in [-0.1, -0.05) is 51.1 Å². The highest BCUT2D eigenvalue weighted by Gasteiger charge is 2.08. The summed E-state index contributed by atoms with van der Waals surface area (Å²) in [5.41, 5.74) is 1.40. The van der Waals surface area contributed by atoms with Gasteiger partial charge < -0.3 is 10.1 Å². The zero-order valence-electron chi connectivity index (χ0n) is 12.7. The maximum Gasteiger partial charge on any atom is 0.0480 e. The van der Waals surface area contributed by atoms with E-state index in [0.717, 1.165) is 44.9 Å². The van der Waals surface area contributed by atoms with Gasteiger partial charge in [-0.15, -0.1) is 0 Å². The first kappa shape index (κ1) is 16.2. The topological polar surface area (TPSA) is 21.3 Å². The van der Waals surface area contributed by atoms with E-state index in [1.807, 2.05) is 0 Å². The molecule has 2 nitrogen and oxygen atoms in total. The second kappa shape index (κ2) is 9.99.